The summed E-state index contributed by atoms with van der Waals surface area (Å²) in [6.07, 6.45) is 48.0. The van der Waals surface area contributed by atoms with Crippen molar-refractivity contribution in [2.24, 2.45) is 5.92 Å². The Morgan fingerprint density at radius 2 is 1.02 bits per heavy atom. The summed E-state index contributed by atoms with van der Waals surface area (Å²) in [5.41, 5.74) is 0. The molecule has 0 aromatic carbocycles. The Balaban J connectivity index is 2.30. The molecule has 2 aliphatic rings. The zero-order valence-corrected chi connectivity index (χ0v) is 28.6. The molecule has 0 radical (unpaired) electrons. The van der Waals surface area contributed by atoms with Crippen molar-refractivity contribution in [1.82, 2.24) is 10.0 Å². The molecule has 0 amide bonds. The van der Waals surface area contributed by atoms with Crippen molar-refractivity contribution < 1.29 is 0 Å². The maximum absolute atomic E-state index is 2.91. The van der Waals surface area contributed by atoms with Crippen molar-refractivity contribution in [2.75, 3.05) is 7.05 Å². The highest BCUT2D eigenvalue weighted by Crippen LogP contribution is 2.31. The topological polar surface area (TPSA) is 6.48 Å². The predicted molar refractivity (Wildman–Crippen MR) is 184 cm³/mol. The van der Waals surface area contributed by atoms with Gasteiger partial charge < -0.3 is 0 Å². The van der Waals surface area contributed by atoms with Gasteiger partial charge in [0.25, 0.3) is 0 Å². The lowest BCUT2D eigenvalue weighted by atomic mass is 9.87. The van der Waals surface area contributed by atoms with Gasteiger partial charge in [-0.2, -0.15) is 0 Å². The largest absolute Gasteiger partial charge is 0.241 e. The molecule has 2 saturated carbocycles. The van der Waals surface area contributed by atoms with Crippen molar-refractivity contribution >= 4 is 0 Å². The van der Waals surface area contributed by atoms with Gasteiger partial charge in [0, 0.05) is 19.1 Å². The molecule has 2 unspecified atom stereocenters. The molecule has 0 heterocycles. The minimum atomic E-state index is 0.383. The van der Waals surface area contributed by atoms with Crippen LogP contribution in [0.3, 0.4) is 0 Å². The maximum atomic E-state index is 2.91. The molecule has 2 atom stereocenters. The van der Waals surface area contributed by atoms with Crippen LogP contribution in [0.2, 0.25) is 0 Å². The average molecular weight is 571 g/mol. The first-order chi connectivity index (χ1) is 20.2. The lowest BCUT2D eigenvalue weighted by Gasteiger charge is -2.47. The van der Waals surface area contributed by atoms with Gasteiger partial charge in [0.2, 0.25) is 0 Å². The quantitative estimate of drug-likeness (QED) is 0.131. The van der Waals surface area contributed by atoms with E-state index in [2.05, 4.69) is 62.1 Å². The summed E-state index contributed by atoms with van der Waals surface area (Å²) in [7, 11) is 2.48. The molecule has 41 heavy (non-hydrogen) atoms. The number of nitrogens with zero attached hydrogens (tertiary/aromatic N) is 2. The third-order valence-electron chi connectivity index (χ3n) is 10.4. The number of rotatable bonds is 12. The molecular weight excluding hydrogens is 496 g/mol. The molecule has 0 N–H and O–H groups in total. The van der Waals surface area contributed by atoms with Gasteiger partial charge in [-0.25, -0.2) is 10.0 Å². The maximum Gasteiger partial charge on any atom is 0.0609 e. The third kappa shape index (κ3) is 16.2. The van der Waals surface area contributed by atoms with Crippen LogP contribution in [0.15, 0.2) is 24.3 Å². The summed E-state index contributed by atoms with van der Waals surface area (Å²) in [6.45, 7) is 7.21. The van der Waals surface area contributed by atoms with E-state index in [1.165, 1.54) is 167 Å². The Hall–Kier alpha value is -0.600. The first-order valence-electron chi connectivity index (χ1n) is 19.0. The van der Waals surface area contributed by atoms with E-state index in [4.69, 9.17) is 0 Å². The van der Waals surface area contributed by atoms with Crippen LogP contribution in [0.25, 0.3) is 0 Å². The highest BCUT2D eigenvalue weighted by Gasteiger charge is 2.32. The zero-order valence-electron chi connectivity index (χ0n) is 28.6. The molecule has 0 aromatic heterocycles. The number of hydrazine groups is 1. The van der Waals surface area contributed by atoms with Gasteiger partial charge in [0.05, 0.1) is 6.04 Å². The summed E-state index contributed by atoms with van der Waals surface area (Å²) >= 11 is 0. The van der Waals surface area contributed by atoms with Gasteiger partial charge in [-0.3, -0.25) is 0 Å². The monoisotopic (exact) mass is 571 g/mol. The number of hydrogen-bond donors (Lipinski definition) is 0. The van der Waals surface area contributed by atoms with Crippen LogP contribution in [0.5, 0.6) is 0 Å². The van der Waals surface area contributed by atoms with Gasteiger partial charge in [-0.15, -0.1) is 0 Å². The highest BCUT2D eigenvalue weighted by molar-refractivity contribution is 5.08. The number of unbranched alkanes of at least 4 members (excludes halogenated alkanes) is 3. The van der Waals surface area contributed by atoms with Crippen molar-refractivity contribution in [3.8, 4) is 0 Å². The predicted octanol–water partition coefficient (Wildman–Crippen LogP) is 12.6. The molecule has 2 nitrogen and oxygen atoms in total. The molecule has 240 valence electrons. The minimum Gasteiger partial charge on any atom is -0.241 e. The Morgan fingerprint density at radius 1 is 0.585 bits per heavy atom. The van der Waals surface area contributed by atoms with Crippen LogP contribution in [-0.4, -0.2) is 35.2 Å². The fourth-order valence-electron chi connectivity index (χ4n) is 7.57. The van der Waals surface area contributed by atoms with E-state index in [1.54, 1.807) is 0 Å². The van der Waals surface area contributed by atoms with Crippen LogP contribution in [0, 0.1) is 5.92 Å². The Labute approximate surface area is 259 Å². The van der Waals surface area contributed by atoms with Crippen molar-refractivity contribution in [3.05, 3.63) is 24.3 Å². The van der Waals surface area contributed by atoms with Gasteiger partial charge in [-0.1, -0.05) is 167 Å². The molecule has 0 saturated heterocycles. The summed E-state index contributed by atoms with van der Waals surface area (Å²) < 4.78 is 0. The molecule has 2 fully saturated rings. The van der Waals surface area contributed by atoms with Crippen LogP contribution in [0.4, 0.5) is 0 Å². The van der Waals surface area contributed by atoms with E-state index in [9.17, 15) is 0 Å². The normalized spacial score (nSPS) is 22.8. The number of hydrogen-bond acceptors (Lipinski definition) is 2. The van der Waals surface area contributed by atoms with Crippen LogP contribution < -0.4 is 0 Å². The van der Waals surface area contributed by atoms with Gasteiger partial charge >= 0.3 is 0 Å². The van der Waals surface area contributed by atoms with Gasteiger partial charge in [0.15, 0.2) is 0 Å². The summed E-state index contributed by atoms with van der Waals surface area (Å²) in [5, 5.41) is 5.70. The van der Waals surface area contributed by atoms with Crippen molar-refractivity contribution in [2.45, 2.75) is 212 Å². The van der Waals surface area contributed by atoms with Crippen LogP contribution in [-0.2, 0) is 0 Å². The molecule has 2 rings (SSSR count). The molecular formula is C39H74N2. The van der Waals surface area contributed by atoms with Crippen LogP contribution >= 0.6 is 0 Å². The van der Waals surface area contributed by atoms with Gasteiger partial charge in [0.1, 0.15) is 0 Å². The van der Waals surface area contributed by atoms with Crippen molar-refractivity contribution in [3.63, 3.8) is 0 Å². The smallest absolute Gasteiger partial charge is 0.0609 e. The molecule has 2 heteroatoms. The van der Waals surface area contributed by atoms with E-state index in [1.807, 2.05) is 0 Å². The molecule has 0 spiro atoms. The summed E-state index contributed by atoms with van der Waals surface area (Å²) in [4.78, 5) is 0. The average Bonchev–Trinajstić information content (AvgIpc) is 2.96. The summed E-state index contributed by atoms with van der Waals surface area (Å²) in [6, 6.07) is 1.64. The highest BCUT2D eigenvalue weighted by atomic mass is 15.6. The second-order valence-corrected chi connectivity index (χ2v) is 13.9. The second-order valence-electron chi connectivity index (χ2n) is 13.9. The Kier molecular flexibility index (Phi) is 22.1. The SMILES string of the molecule is CC/C=C\C(/C=C\CCCCC)N(C1CCCCCCCCCCC1)N(C)C(C)C1CCCCCCCCCCC1. The lowest BCUT2D eigenvalue weighted by molar-refractivity contribution is -0.0973. The van der Waals surface area contributed by atoms with E-state index in [0.717, 1.165) is 12.3 Å². The Morgan fingerprint density at radius 3 is 1.49 bits per heavy atom. The standard InChI is InChI=1S/C39H74N2/c1-5-7-9-20-27-33-38(32-8-6-2)41(39-34-28-23-18-14-11-15-19-24-29-35-39)40(4)36(3)37-30-25-21-16-12-10-13-17-22-26-31-37/h8,27,32-33,36-39H,5-7,9-26,28-31,34-35H2,1-4H3/b32-8-,33-27-. The minimum absolute atomic E-state index is 0.383. The fourth-order valence-corrected chi connectivity index (χ4v) is 7.57. The molecule has 2 aliphatic carbocycles. The van der Waals surface area contributed by atoms with E-state index in [0.29, 0.717) is 18.1 Å². The first kappa shape index (κ1) is 36.6. The zero-order chi connectivity index (χ0) is 29.4. The van der Waals surface area contributed by atoms with E-state index in [-0.39, 0.29) is 0 Å². The lowest BCUT2D eigenvalue weighted by Crippen LogP contribution is -2.56. The fraction of sp³-hybridized carbons (Fsp3) is 0.897. The molecule has 0 bridgehead atoms. The molecule has 0 aromatic rings. The van der Waals surface area contributed by atoms with E-state index < -0.39 is 0 Å². The Bertz CT molecular complexity index is 615. The van der Waals surface area contributed by atoms with Gasteiger partial charge in [-0.05, 0) is 57.8 Å². The molecule has 0 aliphatic heterocycles. The summed E-state index contributed by atoms with van der Waals surface area (Å²) in [5.74, 6) is 0.817. The number of allylic oxidation sites excluding steroid dienone is 2. The third-order valence-corrected chi connectivity index (χ3v) is 10.4. The second kappa shape index (κ2) is 24.8. The first-order valence-corrected chi connectivity index (χ1v) is 19.0. The van der Waals surface area contributed by atoms with Crippen LogP contribution in [0.1, 0.15) is 194 Å². The van der Waals surface area contributed by atoms with E-state index >= 15 is 0 Å². The van der Waals surface area contributed by atoms with Crippen molar-refractivity contribution in [1.29, 1.82) is 0 Å².